The van der Waals surface area contributed by atoms with Crippen molar-refractivity contribution in [2.75, 3.05) is 6.54 Å². The normalized spacial score (nSPS) is 9.82. The molecule has 0 unspecified atom stereocenters. The van der Waals surface area contributed by atoms with Crippen molar-refractivity contribution in [1.29, 1.82) is 0 Å². The van der Waals surface area contributed by atoms with Crippen LogP contribution in [-0.4, -0.2) is 11.5 Å². The minimum Gasteiger partial charge on any atom is -0.362 e. The molecule has 0 saturated heterocycles. The fourth-order valence-corrected chi connectivity index (χ4v) is 0.711. The van der Waals surface area contributed by atoms with Crippen LogP contribution in [0.15, 0.2) is 29.5 Å². The van der Waals surface area contributed by atoms with Crippen LogP contribution in [0.3, 0.4) is 0 Å². The van der Waals surface area contributed by atoms with Crippen molar-refractivity contribution < 1.29 is 0 Å². The van der Waals surface area contributed by atoms with Gasteiger partial charge >= 0.3 is 0 Å². The Labute approximate surface area is 64.2 Å². The molecule has 0 atom stereocenters. The van der Waals surface area contributed by atoms with Crippen LogP contribution in [0.1, 0.15) is 5.69 Å². The summed E-state index contributed by atoms with van der Waals surface area (Å²) in [5.41, 5.74) is 8.95. The van der Waals surface area contributed by atoms with Gasteiger partial charge in [0.1, 0.15) is 0 Å². The molecule has 0 aliphatic rings. The summed E-state index contributed by atoms with van der Waals surface area (Å²) in [6.07, 6.45) is 5.51. The number of aromatic amines is 1. The maximum Gasteiger partial charge on any atom is 0.0443 e. The molecule has 11 heavy (non-hydrogen) atoms. The summed E-state index contributed by atoms with van der Waals surface area (Å²) < 4.78 is 0. The van der Waals surface area contributed by atoms with Crippen LogP contribution in [0.25, 0.3) is 16.5 Å². The van der Waals surface area contributed by atoms with Crippen molar-refractivity contribution in [3.05, 3.63) is 40.5 Å². The minimum atomic E-state index is 0.398. The van der Waals surface area contributed by atoms with E-state index in [-0.39, 0.29) is 0 Å². The van der Waals surface area contributed by atoms with Gasteiger partial charge in [-0.2, -0.15) is 0 Å². The molecule has 4 nitrogen and oxygen atoms in total. The van der Waals surface area contributed by atoms with Crippen molar-refractivity contribution in [3.8, 4) is 0 Å². The van der Waals surface area contributed by atoms with E-state index >= 15 is 0 Å². The number of hydrogen-bond donors (Lipinski definition) is 1. The van der Waals surface area contributed by atoms with E-state index in [1.165, 1.54) is 0 Å². The fourth-order valence-electron chi connectivity index (χ4n) is 0.711. The van der Waals surface area contributed by atoms with E-state index in [0.29, 0.717) is 6.54 Å². The van der Waals surface area contributed by atoms with Crippen molar-refractivity contribution in [1.82, 2.24) is 4.98 Å². The Morgan fingerprint density at radius 3 is 3.27 bits per heavy atom. The van der Waals surface area contributed by atoms with Crippen LogP contribution in [0.5, 0.6) is 0 Å². The smallest absolute Gasteiger partial charge is 0.0443 e. The monoisotopic (exact) mass is 148 g/mol. The van der Waals surface area contributed by atoms with E-state index in [9.17, 15) is 0 Å². The molecule has 0 fully saturated rings. The fraction of sp³-hybridized carbons (Fsp3) is 0.143. The predicted octanol–water partition coefficient (Wildman–Crippen LogP) is 2.34. The first-order valence-electron chi connectivity index (χ1n) is 3.24. The maximum atomic E-state index is 7.94. The topological polar surface area (TPSA) is 64.6 Å². The maximum absolute atomic E-state index is 7.94. The van der Waals surface area contributed by atoms with E-state index in [0.717, 1.165) is 5.69 Å². The Balaban J connectivity index is 2.42. The highest BCUT2D eigenvalue weighted by molar-refractivity contribution is 5.44. The Bertz CT molecular complexity index is 267. The number of aromatic nitrogens is 1. The molecule has 0 radical (unpaired) electrons. The second-order valence-corrected chi connectivity index (χ2v) is 1.94. The second-order valence-electron chi connectivity index (χ2n) is 1.94. The van der Waals surface area contributed by atoms with Crippen LogP contribution in [0, 0.1) is 0 Å². The molecule has 0 spiro atoms. The number of H-pyrrole nitrogens is 1. The number of hydrogen-bond acceptors (Lipinski definition) is 1. The molecule has 1 aromatic rings. The van der Waals surface area contributed by atoms with Gasteiger partial charge in [0.25, 0.3) is 0 Å². The molecule has 1 aromatic heterocycles. The Morgan fingerprint density at radius 2 is 2.64 bits per heavy atom. The van der Waals surface area contributed by atoms with Crippen LogP contribution < -0.4 is 0 Å². The molecule has 0 bridgehead atoms. The average Bonchev–Trinajstić information content (AvgIpc) is 2.50. The Kier molecular flexibility index (Phi) is 2.84. The van der Waals surface area contributed by atoms with Gasteiger partial charge < -0.3 is 4.98 Å². The Hall–Kier alpha value is -1.67. The van der Waals surface area contributed by atoms with Gasteiger partial charge in [0.05, 0.1) is 0 Å². The van der Waals surface area contributed by atoms with Gasteiger partial charge in [0.15, 0.2) is 0 Å². The van der Waals surface area contributed by atoms with Crippen LogP contribution in [0.4, 0.5) is 0 Å². The zero-order valence-electron chi connectivity index (χ0n) is 5.94. The molecule has 0 amide bonds. The molecule has 56 valence electrons. The second kappa shape index (κ2) is 4.19. The summed E-state index contributed by atoms with van der Waals surface area (Å²) in [6.45, 7) is 0.398. The molecular weight excluding hydrogens is 140 g/mol. The summed E-state index contributed by atoms with van der Waals surface area (Å²) in [6, 6.07) is 3.85. The van der Waals surface area contributed by atoms with Gasteiger partial charge in [-0.3, -0.25) is 0 Å². The third kappa shape index (κ3) is 2.60. The minimum absolute atomic E-state index is 0.398. The lowest BCUT2D eigenvalue weighted by Gasteiger charge is -1.81. The van der Waals surface area contributed by atoms with Gasteiger partial charge in [-0.05, 0) is 23.7 Å². The third-order valence-electron chi connectivity index (χ3n) is 1.17. The third-order valence-corrected chi connectivity index (χ3v) is 1.17. The van der Waals surface area contributed by atoms with Gasteiger partial charge in [-0.15, -0.1) is 0 Å². The number of azide groups is 1. The van der Waals surface area contributed by atoms with Crippen molar-refractivity contribution >= 4 is 6.08 Å². The van der Waals surface area contributed by atoms with Gasteiger partial charge in [-0.1, -0.05) is 11.2 Å². The zero-order valence-corrected chi connectivity index (χ0v) is 5.94. The van der Waals surface area contributed by atoms with E-state index in [1.807, 2.05) is 24.4 Å². The molecule has 0 aromatic carbocycles. The first-order valence-corrected chi connectivity index (χ1v) is 3.24. The van der Waals surface area contributed by atoms with E-state index < -0.39 is 0 Å². The Morgan fingerprint density at radius 1 is 1.73 bits per heavy atom. The lowest BCUT2D eigenvalue weighted by molar-refractivity contribution is 1.22. The summed E-state index contributed by atoms with van der Waals surface area (Å²) in [5.74, 6) is 0. The highest BCUT2D eigenvalue weighted by Crippen LogP contribution is 1.96. The molecule has 0 saturated carbocycles. The molecular formula is C7H8N4. The van der Waals surface area contributed by atoms with E-state index in [2.05, 4.69) is 15.0 Å². The summed E-state index contributed by atoms with van der Waals surface area (Å²) in [4.78, 5) is 5.61. The van der Waals surface area contributed by atoms with E-state index in [1.54, 1.807) is 6.08 Å². The lowest BCUT2D eigenvalue weighted by atomic mass is 10.4. The first-order chi connectivity index (χ1) is 5.43. The van der Waals surface area contributed by atoms with Gasteiger partial charge in [-0.25, -0.2) is 0 Å². The highest BCUT2D eigenvalue weighted by Gasteiger charge is 1.80. The van der Waals surface area contributed by atoms with Crippen LogP contribution in [-0.2, 0) is 0 Å². The van der Waals surface area contributed by atoms with Gasteiger partial charge in [0.2, 0.25) is 0 Å². The van der Waals surface area contributed by atoms with Crippen LogP contribution in [0.2, 0.25) is 0 Å². The first kappa shape index (κ1) is 7.44. The number of rotatable bonds is 3. The van der Waals surface area contributed by atoms with Crippen LogP contribution >= 0.6 is 0 Å². The molecule has 4 heteroatoms. The average molecular weight is 148 g/mol. The summed E-state index contributed by atoms with van der Waals surface area (Å²) in [5, 5.41) is 3.35. The standard InChI is InChI=1S/C7H8N4/c8-11-10-6-2-4-7-3-1-5-9-7/h1-5,9H,6H2. The molecule has 1 rings (SSSR count). The zero-order chi connectivity index (χ0) is 7.94. The van der Waals surface area contributed by atoms with Crippen molar-refractivity contribution in [2.24, 2.45) is 5.11 Å². The van der Waals surface area contributed by atoms with Gasteiger partial charge in [0, 0.05) is 23.3 Å². The summed E-state index contributed by atoms with van der Waals surface area (Å²) >= 11 is 0. The highest BCUT2D eigenvalue weighted by atomic mass is 15.1. The summed E-state index contributed by atoms with van der Waals surface area (Å²) in [7, 11) is 0. The van der Waals surface area contributed by atoms with E-state index in [4.69, 9.17) is 5.53 Å². The predicted molar refractivity (Wildman–Crippen MR) is 43.8 cm³/mol. The largest absolute Gasteiger partial charge is 0.362 e. The number of nitrogens with one attached hydrogen (secondary N) is 1. The van der Waals surface area contributed by atoms with Crippen molar-refractivity contribution in [3.63, 3.8) is 0 Å². The quantitative estimate of drug-likeness (QED) is 0.388. The number of nitrogens with zero attached hydrogens (tertiary/aromatic N) is 3. The van der Waals surface area contributed by atoms with Crippen molar-refractivity contribution in [2.45, 2.75) is 0 Å². The SMILES string of the molecule is [N-]=[N+]=NCC=Cc1ccc[nH]1. The molecule has 0 aliphatic heterocycles. The molecule has 1 heterocycles. The lowest BCUT2D eigenvalue weighted by Crippen LogP contribution is -1.69. The molecule has 0 aliphatic carbocycles. The molecule has 1 N–H and O–H groups in total.